The van der Waals surface area contributed by atoms with Crippen molar-refractivity contribution in [2.45, 2.75) is 25.7 Å². The first-order valence-corrected chi connectivity index (χ1v) is 8.12. The zero-order valence-electron chi connectivity index (χ0n) is 12.9. The molecule has 1 aliphatic rings. The predicted octanol–water partition coefficient (Wildman–Crippen LogP) is 4.66. The van der Waals surface area contributed by atoms with Crippen LogP contribution in [0.3, 0.4) is 0 Å². The molecular weight excluding hydrogens is 270 g/mol. The Labute approximate surface area is 132 Å². The van der Waals surface area contributed by atoms with Crippen LogP contribution in [0.5, 0.6) is 0 Å². The SMILES string of the molecule is c1ccc(N=C(Nc2ccccc2)N2CCCCCC2)cc1. The predicted molar refractivity (Wildman–Crippen MR) is 93.6 cm³/mol. The second-order valence-corrected chi connectivity index (χ2v) is 5.66. The molecule has 22 heavy (non-hydrogen) atoms. The Morgan fingerprint density at radius 3 is 2.00 bits per heavy atom. The van der Waals surface area contributed by atoms with Crippen molar-refractivity contribution in [3.8, 4) is 0 Å². The quantitative estimate of drug-likeness (QED) is 0.644. The molecule has 1 heterocycles. The molecule has 1 fully saturated rings. The van der Waals surface area contributed by atoms with E-state index in [-0.39, 0.29) is 0 Å². The van der Waals surface area contributed by atoms with Gasteiger partial charge in [-0.2, -0.15) is 0 Å². The van der Waals surface area contributed by atoms with Crippen molar-refractivity contribution in [1.29, 1.82) is 0 Å². The smallest absolute Gasteiger partial charge is 0.203 e. The van der Waals surface area contributed by atoms with Crippen LogP contribution < -0.4 is 5.32 Å². The molecular formula is C19H23N3. The molecule has 1 aliphatic heterocycles. The summed E-state index contributed by atoms with van der Waals surface area (Å²) >= 11 is 0. The average molecular weight is 293 g/mol. The van der Waals surface area contributed by atoms with E-state index >= 15 is 0 Å². The van der Waals surface area contributed by atoms with Crippen LogP contribution in [-0.2, 0) is 0 Å². The Morgan fingerprint density at radius 2 is 1.36 bits per heavy atom. The van der Waals surface area contributed by atoms with Gasteiger partial charge in [0.25, 0.3) is 0 Å². The molecule has 2 aromatic carbocycles. The molecule has 0 saturated carbocycles. The van der Waals surface area contributed by atoms with Crippen molar-refractivity contribution in [3.05, 3.63) is 60.7 Å². The number of para-hydroxylation sites is 2. The number of anilines is 1. The van der Waals surface area contributed by atoms with Crippen LogP contribution in [0.15, 0.2) is 65.7 Å². The highest BCUT2D eigenvalue weighted by molar-refractivity contribution is 5.95. The molecule has 2 aromatic rings. The molecule has 114 valence electrons. The summed E-state index contributed by atoms with van der Waals surface area (Å²) in [5.41, 5.74) is 2.08. The number of hydrogen-bond donors (Lipinski definition) is 1. The van der Waals surface area contributed by atoms with Crippen molar-refractivity contribution in [1.82, 2.24) is 4.90 Å². The Kier molecular flexibility index (Phi) is 5.09. The third-order valence-corrected chi connectivity index (χ3v) is 3.93. The summed E-state index contributed by atoms with van der Waals surface area (Å²) in [6.07, 6.45) is 5.12. The molecule has 1 N–H and O–H groups in total. The second kappa shape index (κ2) is 7.64. The fourth-order valence-corrected chi connectivity index (χ4v) is 2.74. The van der Waals surface area contributed by atoms with Gasteiger partial charge in [-0.25, -0.2) is 4.99 Å². The lowest BCUT2D eigenvalue weighted by Crippen LogP contribution is -2.37. The number of likely N-dealkylation sites (tertiary alicyclic amines) is 1. The summed E-state index contributed by atoms with van der Waals surface area (Å²) in [6, 6.07) is 20.5. The van der Waals surface area contributed by atoms with Crippen LogP contribution in [-0.4, -0.2) is 23.9 Å². The maximum atomic E-state index is 4.85. The van der Waals surface area contributed by atoms with E-state index in [1.54, 1.807) is 0 Å². The molecule has 3 nitrogen and oxygen atoms in total. The second-order valence-electron chi connectivity index (χ2n) is 5.66. The van der Waals surface area contributed by atoms with Crippen LogP contribution in [0.4, 0.5) is 11.4 Å². The number of aliphatic imine (C=N–C) groups is 1. The largest absolute Gasteiger partial charge is 0.342 e. The maximum Gasteiger partial charge on any atom is 0.203 e. The average Bonchev–Trinajstić information content (AvgIpc) is 2.85. The van der Waals surface area contributed by atoms with Crippen LogP contribution in [0.1, 0.15) is 25.7 Å². The van der Waals surface area contributed by atoms with E-state index < -0.39 is 0 Å². The van der Waals surface area contributed by atoms with Gasteiger partial charge in [0.1, 0.15) is 0 Å². The van der Waals surface area contributed by atoms with E-state index in [1.807, 2.05) is 48.5 Å². The maximum absolute atomic E-state index is 4.85. The van der Waals surface area contributed by atoms with E-state index in [2.05, 4.69) is 22.3 Å². The minimum absolute atomic E-state index is 0.958. The van der Waals surface area contributed by atoms with E-state index in [1.165, 1.54) is 25.7 Å². The normalized spacial score (nSPS) is 16.2. The highest BCUT2D eigenvalue weighted by Crippen LogP contribution is 2.17. The van der Waals surface area contributed by atoms with Crippen LogP contribution in [0.2, 0.25) is 0 Å². The zero-order valence-corrected chi connectivity index (χ0v) is 12.9. The van der Waals surface area contributed by atoms with Gasteiger partial charge >= 0.3 is 0 Å². The van der Waals surface area contributed by atoms with Gasteiger partial charge in [0, 0.05) is 18.8 Å². The Bertz CT molecular complexity index is 585. The Balaban J connectivity index is 1.85. The summed E-state index contributed by atoms with van der Waals surface area (Å²) in [7, 11) is 0. The lowest BCUT2D eigenvalue weighted by molar-refractivity contribution is 0.434. The number of rotatable bonds is 2. The van der Waals surface area contributed by atoms with Gasteiger partial charge in [0.15, 0.2) is 0 Å². The fraction of sp³-hybridized carbons (Fsp3) is 0.316. The molecule has 0 spiro atoms. The minimum Gasteiger partial charge on any atom is -0.342 e. The first-order valence-electron chi connectivity index (χ1n) is 8.12. The van der Waals surface area contributed by atoms with E-state index in [0.717, 1.165) is 30.4 Å². The number of nitrogens with one attached hydrogen (secondary N) is 1. The number of guanidine groups is 1. The molecule has 0 aromatic heterocycles. The first kappa shape index (κ1) is 14.6. The van der Waals surface area contributed by atoms with Gasteiger partial charge in [-0.3, -0.25) is 0 Å². The number of benzene rings is 2. The highest BCUT2D eigenvalue weighted by atomic mass is 15.3. The Hall–Kier alpha value is -2.29. The Morgan fingerprint density at radius 1 is 0.773 bits per heavy atom. The summed E-state index contributed by atoms with van der Waals surface area (Å²) in [5.74, 6) is 0.958. The molecule has 3 rings (SSSR count). The molecule has 3 heteroatoms. The summed E-state index contributed by atoms with van der Waals surface area (Å²) in [5, 5.41) is 3.50. The lowest BCUT2D eigenvalue weighted by Gasteiger charge is -2.25. The molecule has 1 saturated heterocycles. The van der Waals surface area contributed by atoms with Gasteiger partial charge in [-0.1, -0.05) is 49.2 Å². The van der Waals surface area contributed by atoms with Gasteiger partial charge < -0.3 is 10.2 Å². The summed E-state index contributed by atoms with van der Waals surface area (Å²) in [4.78, 5) is 7.23. The monoisotopic (exact) mass is 293 g/mol. The van der Waals surface area contributed by atoms with Gasteiger partial charge in [-0.15, -0.1) is 0 Å². The molecule has 0 radical (unpaired) electrons. The van der Waals surface area contributed by atoms with Crippen LogP contribution in [0.25, 0.3) is 0 Å². The van der Waals surface area contributed by atoms with Crippen molar-refractivity contribution in [2.24, 2.45) is 4.99 Å². The summed E-state index contributed by atoms with van der Waals surface area (Å²) in [6.45, 7) is 2.15. The standard InChI is InChI=1S/C19H23N3/c1-2-10-16-22(15-9-1)19(20-17-11-5-3-6-12-17)21-18-13-7-4-8-14-18/h3-8,11-14H,1-2,9-10,15-16H2,(H,20,21). The molecule has 0 unspecified atom stereocenters. The van der Waals surface area contributed by atoms with E-state index in [0.29, 0.717) is 0 Å². The van der Waals surface area contributed by atoms with Crippen molar-refractivity contribution < 1.29 is 0 Å². The van der Waals surface area contributed by atoms with E-state index in [4.69, 9.17) is 4.99 Å². The zero-order chi connectivity index (χ0) is 15.0. The van der Waals surface area contributed by atoms with Crippen molar-refractivity contribution in [3.63, 3.8) is 0 Å². The van der Waals surface area contributed by atoms with Gasteiger partial charge in [0.2, 0.25) is 5.96 Å². The topological polar surface area (TPSA) is 27.6 Å². The number of hydrogen-bond acceptors (Lipinski definition) is 1. The lowest BCUT2D eigenvalue weighted by atomic mass is 10.2. The highest BCUT2D eigenvalue weighted by Gasteiger charge is 2.14. The van der Waals surface area contributed by atoms with Gasteiger partial charge in [0.05, 0.1) is 5.69 Å². The van der Waals surface area contributed by atoms with Crippen molar-refractivity contribution in [2.75, 3.05) is 18.4 Å². The molecule has 0 bridgehead atoms. The van der Waals surface area contributed by atoms with Gasteiger partial charge in [-0.05, 0) is 37.1 Å². The van der Waals surface area contributed by atoms with Crippen LogP contribution in [0, 0.1) is 0 Å². The van der Waals surface area contributed by atoms with Crippen molar-refractivity contribution >= 4 is 17.3 Å². The molecule has 0 aliphatic carbocycles. The van der Waals surface area contributed by atoms with E-state index in [9.17, 15) is 0 Å². The minimum atomic E-state index is 0.958. The third-order valence-electron chi connectivity index (χ3n) is 3.93. The molecule has 0 atom stereocenters. The summed E-state index contributed by atoms with van der Waals surface area (Å²) < 4.78 is 0. The number of nitrogens with zero attached hydrogens (tertiary/aromatic N) is 2. The fourth-order valence-electron chi connectivity index (χ4n) is 2.74. The third kappa shape index (κ3) is 4.10. The van der Waals surface area contributed by atoms with Crippen LogP contribution >= 0.6 is 0 Å². The molecule has 0 amide bonds. The first-order chi connectivity index (χ1) is 10.9.